The lowest BCUT2D eigenvalue weighted by Crippen LogP contribution is -2.30. The van der Waals surface area contributed by atoms with Crippen LogP contribution in [0.1, 0.15) is 42.3 Å². The van der Waals surface area contributed by atoms with Crippen LogP contribution in [0.5, 0.6) is 0 Å². The zero-order chi connectivity index (χ0) is 21.7. The van der Waals surface area contributed by atoms with Crippen molar-refractivity contribution >= 4 is 21.7 Å². The molecule has 0 aliphatic rings. The highest BCUT2D eigenvalue weighted by molar-refractivity contribution is 7.89. The zero-order valence-corrected chi connectivity index (χ0v) is 18.1. The molecule has 0 saturated carbocycles. The second-order valence-electron chi connectivity index (χ2n) is 7.30. The topological polar surface area (TPSA) is 93.1 Å². The number of hydrogen-bond acceptors (Lipinski definition) is 4. The predicted octanol–water partition coefficient (Wildman–Crippen LogP) is 3.43. The van der Waals surface area contributed by atoms with Crippen molar-refractivity contribution in [3.63, 3.8) is 0 Å². The quantitative estimate of drug-likeness (QED) is 0.577. The van der Waals surface area contributed by atoms with E-state index in [1.54, 1.807) is 42.9 Å². The number of aryl methyl sites for hydroxylation is 1. The first-order chi connectivity index (χ1) is 14.3. The molecule has 30 heavy (non-hydrogen) atoms. The minimum atomic E-state index is -3.68. The minimum absolute atomic E-state index is 0.0494. The lowest BCUT2D eigenvalue weighted by atomic mass is 10.1. The fraction of sp³-hybridized carbons (Fsp3) is 0.273. The third kappa shape index (κ3) is 5.34. The Bertz CT molecular complexity index is 1120. The van der Waals surface area contributed by atoms with Gasteiger partial charge in [0, 0.05) is 17.7 Å². The fourth-order valence-corrected chi connectivity index (χ4v) is 4.29. The lowest BCUT2D eigenvalue weighted by Gasteiger charge is -2.12. The highest BCUT2D eigenvalue weighted by Crippen LogP contribution is 2.16. The first-order valence-corrected chi connectivity index (χ1v) is 11.3. The Morgan fingerprint density at radius 1 is 1.07 bits per heavy atom. The summed E-state index contributed by atoms with van der Waals surface area (Å²) in [5.74, 6) is 0.132. The van der Waals surface area contributed by atoms with E-state index in [9.17, 15) is 13.2 Å². The fourth-order valence-electron chi connectivity index (χ4n) is 2.99. The summed E-state index contributed by atoms with van der Waals surface area (Å²) in [4.78, 5) is 12.8. The number of nitrogens with one attached hydrogen (secondary N) is 2. The first-order valence-electron chi connectivity index (χ1n) is 9.82. The number of sulfonamides is 1. The van der Waals surface area contributed by atoms with E-state index in [1.165, 1.54) is 17.7 Å². The first kappa shape index (κ1) is 21.7. The van der Waals surface area contributed by atoms with E-state index in [4.69, 9.17) is 0 Å². The van der Waals surface area contributed by atoms with E-state index in [0.717, 1.165) is 12.0 Å². The summed E-state index contributed by atoms with van der Waals surface area (Å²) in [5, 5.41) is 7.10. The second kappa shape index (κ2) is 9.23. The standard InChI is InChI=1S/C22H26N4O3S/c1-4-17-8-10-18(11-9-17)15-26-21(12-13-23-26)24-22(27)19-6-5-7-20(14-19)30(28,29)25-16(2)3/h5-14,16,25H,4,15H2,1-3H3,(H,24,27). The molecular formula is C22H26N4O3S. The Balaban J connectivity index is 1.76. The number of anilines is 1. The number of rotatable bonds is 8. The van der Waals surface area contributed by atoms with Crippen LogP contribution in [0.3, 0.4) is 0 Å². The number of aromatic nitrogens is 2. The largest absolute Gasteiger partial charge is 0.307 e. The van der Waals surface area contributed by atoms with Gasteiger partial charge in [-0.1, -0.05) is 37.3 Å². The molecule has 3 aromatic rings. The third-order valence-corrected chi connectivity index (χ3v) is 6.18. The molecule has 0 spiro atoms. The Morgan fingerprint density at radius 2 is 1.77 bits per heavy atom. The molecule has 8 heteroatoms. The van der Waals surface area contributed by atoms with Crippen LogP contribution in [0, 0.1) is 0 Å². The molecule has 1 amide bonds. The average molecular weight is 427 g/mol. The lowest BCUT2D eigenvalue weighted by molar-refractivity contribution is 0.102. The van der Waals surface area contributed by atoms with Crippen LogP contribution in [-0.4, -0.2) is 30.1 Å². The zero-order valence-electron chi connectivity index (χ0n) is 17.3. The number of carbonyl (C=O) groups is 1. The van der Waals surface area contributed by atoms with Gasteiger partial charge in [0.05, 0.1) is 17.6 Å². The molecule has 0 unspecified atom stereocenters. The number of amides is 1. The molecule has 0 radical (unpaired) electrons. The van der Waals surface area contributed by atoms with E-state index in [2.05, 4.69) is 34.2 Å². The third-order valence-electron chi connectivity index (χ3n) is 4.52. The molecule has 1 heterocycles. The summed E-state index contributed by atoms with van der Waals surface area (Å²) in [7, 11) is -3.68. The van der Waals surface area contributed by atoms with E-state index < -0.39 is 15.9 Å². The monoisotopic (exact) mass is 426 g/mol. The number of carbonyl (C=O) groups excluding carboxylic acids is 1. The molecule has 3 rings (SSSR count). The van der Waals surface area contributed by atoms with Crippen LogP contribution in [0.25, 0.3) is 0 Å². The number of nitrogens with zero attached hydrogens (tertiary/aromatic N) is 2. The predicted molar refractivity (Wildman–Crippen MR) is 117 cm³/mol. The van der Waals surface area contributed by atoms with Gasteiger partial charge in [0.15, 0.2) is 0 Å². The molecule has 1 aromatic heterocycles. The molecule has 0 bridgehead atoms. The van der Waals surface area contributed by atoms with Crippen LogP contribution in [0.2, 0.25) is 0 Å². The van der Waals surface area contributed by atoms with E-state index in [1.807, 2.05) is 12.1 Å². The van der Waals surface area contributed by atoms with Crippen LogP contribution >= 0.6 is 0 Å². The normalized spacial score (nSPS) is 11.6. The summed E-state index contributed by atoms with van der Waals surface area (Å²) >= 11 is 0. The van der Waals surface area contributed by atoms with Gasteiger partial charge in [-0.05, 0) is 49.6 Å². The Hall–Kier alpha value is -2.97. The molecule has 0 atom stereocenters. The smallest absolute Gasteiger partial charge is 0.256 e. The summed E-state index contributed by atoms with van der Waals surface area (Å²) in [5.41, 5.74) is 2.58. The van der Waals surface area contributed by atoms with Crippen molar-refractivity contribution < 1.29 is 13.2 Å². The Kier molecular flexibility index (Phi) is 6.69. The van der Waals surface area contributed by atoms with Crippen molar-refractivity contribution in [3.8, 4) is 0 Å². The maximum Gasteiger partial charge on any atom is 0.256 e. The number of benzene rings is 2. The van der Waals surface area contributed by atoms with Gasteiger partial charge in [0.25, 0.3) is 5.91 Å². The summed E-state index contributed by atoms with van der Waals surface area (Å²) < 4.78 is 29.0. The molecule has 0 saturated heterocycles. The van der Waals surface area contributed by atoms with Crippen molar-refractivity contribution in [2.75, 3.05) is 5.32 Å². The highest BCUT2D eigenvalue weighted by Gasteiger charge is 2.18. The molecular weight excluding hydrogens is 400 g/mol. The molecule has 0 aliphatic carbocycles. The van der Waals surface area contributed by atoms with Crippen molar-refractivity contribution in [1.82, 2.24) is 14.5 Å². The van der Waals surface area contributed by atoms with Gasteiger partial charge in [-0.25, -0.2) is 17.8 Å². The Labute approximate surface area is 177 Å². The molecule has 0 fully saturated rings. The van der Waals surface area contributed by atoms with Gasteiger partial charge in [-0.3, -0.25) is 4.79 Å². The molecule has 0 aliphatic heterocycles. The maximum absolute atomic E-state index is 12.7. The summed E-state index contributed by atoms with van der Waals surface area (Å²) in [6.45, 7) is 6.10. The van der Waals surface area contributed by atoms with Crippen molar-refractivity contribution in [2.24, 2.45) is 0 Å². The SMILES string of the molecule is CCc1ccc(Cn2nccc2NC(=O)c2cccc(S(=O)(=O)NC(C)C)c2)cc1. The van der Waals surface area contributed by atoms with Crippen molar-refractivity contribution in [1.29, 1.82) is 0 Å². The average Bonchev–Trinajstić information content (AvgIpc) is 3.14. The molecule has 158 valence electrons. The van der Waals surface area contributed by atoms with E-state index >= 15 is 0 Å². The summed E-state index contributed by atoms with van der Waals surface area (Å²) in [6, 6.07) is 15.7. The minimum Gasteiger partial charge on any atom is -0.307 e. The summed E-state index contributed by atoms with van der Waals surface area (Å²) in [6.07, 6.45) is 2.59. The Morgan fingerprint density at radius 3 is 2.43 bits per heavy atom. The molecule has 7 nitrogen and oxygen atoms in total. The van der Waals surface area contributed by atoms with Gasteiger partial charge in [0.2, 0.25) is 10.0 Å². The van der Waals surface area contributed by atoms with E-state index in [0.29, 0.717) is 12.4 Å². The van der Waals surface area contributed by atoms with Crippen molar-refractivity contribution in [3.05, 3.63) is 77.5 Å². The van der Waals surface area contributed by atoms with Crippen LogP contribution < -0.4 is 10.0 Å². The van der Waals surface area contributed by atoms with Crippen LogP contribution in [0.4, 0.5) is 5.82 Å². The van der Waals surface area contributed by atoms with Gasteiger partial charge in [-0.2, -0.15) is 5.10 Å². The molecule has 2 N–H and O–H groups in total. The number of hydrogen-bond donors (Lipinski definition) is 2. The van der Waals surface area contributed by atoms with E-state index in [-0.39, 0.29) is 16.5 Å². The molecule has 2 aromatic carbocycles. The van der Waals surface area contributed by atoms with Gasteiger partial charge in [0.1, 0.15) is 5.82 Å². The van der Waals surface area contributed by atoms with Gasteiger partial charge >= 0.3 is 0 Å². The van der Waals surface area contributed by atoms with Crippen LogP contribution in [-0.2, 0) is 23.0 Å². The second-order valence-corrected chi connectivity index (χ2v) is 9.02. The van der Waals surface area contributed by atoms with Gasteiger partial charge < -0.3 is 5.32 Å². The highest BCUT2D eigenvalue weighted by atomic mass is 32.2. The van der Waals surface area contributed by atoms with Crippen LogP contribution in [0.15, 0.2) is 65.7 Å². The van der Waals surface area contributed by atoms with Gasteiger partial charge in [-0.15, -0.1) is 0 Å². The maximum atomic E-state index is 12.7. The van der Waals surface area contributed by atoms with Crippen molar-refractivity contribution in [2.45, 2.75) is 44.7 Å².